The molecule has 0 unspecified atom stereocenters. The number of H-pyrrole nitrogens is 1. The average Bonchev–Trinajstić information content (AvgIpc) is 2.60. The topological polar surface area (TPSA) is 97.8 Å². The van der Waals surface area contributed by atoms with Gasteiger partial charge < -0.3 is 15.8 Å². The summed E-state index contributed by atoms with van der Waals surface area (Å²) in [5, 5.41) is 17.0. The number of nitro groups is 1. The smallest absolute Gasteiger partial charge is 0.342 e. The van der Waals surface area contributed by atoms with Gasteiger partial charge in [0.05, 0.1) is 11.8 Å². The van der Waals surface area contributed by atoms with Gasteiger partial charge in [-0.1, -0.05) is 11.5 Å². The first kappa shape index (κ1) is 10.1. The van der Waals surface area contributed by atoms with Crippen molar-refractivity contribution in [3.8, 4) is 0 Å². The molecule has 0 bridgehead atoms. The summed E-state index contributed by atoms with van der Waals surface area (Å²) in [5.41, 5.74) is 6.35. The van der Waals surface area contributed by atoms with Crippen LogP contribution >= 0.6 is 0 Å². The van der Waals surface area contributed by atoms with E-state index in [2.05, 4.69) is 10.2 Å². The number of nitrogens with zero attached hydrogens (tertiary/aromatic N) is 2. The van der Waals surface area contributed by atoms with Gasteiger partial charge in [0.1, 0.15) is 0 Å². The fraction of sp³-hybridized carbons (Fsp3) is 0.667. The van der Waals surface area contributed by atoms with E-state index in [9.17, 15) is 10.1 Å². The molecule has 1 aromatic rings. The van der Waals surface area contributed by atoms with E-state index < -0.39 is 4.92 Å². The number of aromatic amines is 1. The predicted octanol–water partition coefficient (Wildman–Crippen LogP) is 1.09. The molecule has 2 rings (SSSR count). The Kier molecular flexibility index (Phi) is 2.44. The third kappa shape index (κ3) is 1.61. The molecule has 15 heavy (non-hydrogen) atoms. The Bertz CT molecular complexity index is 370. The summed E-state index contributed by atoms with van der Waals surface area (Å²) < 4.78 is 0. The lowest BCUT2D eigenvalue weighted by Crippen LogP contribution is -2.36. The molecule has 1 aliphatic rings. The zero-order valence-electron chi connectivity index (χ0n) is 8.40. The fourth-order valence-corrected chi connectivity index (χ4v) is 2.19. The molecule has 0 radical (unpaired) electrons. The molecule has 0 atom stereocenters. The molecular weight excluding hydrogens is 196 g/mol. The van der Waals surface area contributed by atoms with Gasteiger partial charge in [0.2, 0.25) is 0 Å². The Morgan fingerprint density at radius 2 is 2.40 bits per heavy atom. The van der Waals surface area contributed by atoms with Crippen molar-refractivity contribution in [2.45, 2.75) is 31.1 Å². The van der Waals surface area contributed by atoms with E-state index in [-0.39, 0.29) is 11.2 Å². The number of hydrogen-bond donors (Lipinski definition) is 2. The van der Waals surface area contributed by atoms with Crippen molar-refractivity contribution < 1.29 is 4.92 Å². The molecule has 6 nitrogen and oxygen atoms in total. The van der Waals surface area contributed by atoms with Crippen LogP contribution in [0.5, 0.6) is 0 Å². The molecule has 1 aromatic heterocycles. The molecule has 82 valence electrons. The second-order valence-corrected chi connectivity index (χ2v) is 4.07. The first-order valence-corrected chi connectivity index (χ1v) is 5.08. The summed E-state index contributed by atoms with van der Waals surface area (Å²) in [6.45, 7) is 0.598. The van der Waals surface area contributed by atoms with Crippen molar-refractivity contribution in [2.75, 3.05) is 6.54 Å². The van der Waals surface area contributed by atoms with Crippen LogP contribution in [-0.2, 0) is 5.41 Å². The van der Waals surface area contributed by atoms with E-state index in [1.807, 2.05) is 0 Å². The van der Waals surface area contributed by atoms with E-state index in [1.54, 1.807) is 0 Å². The zero-order valence-corrected chi connectivity index (χ0v) is 8.40. The number of nitrogens with two attached hydrogens (primary N) is 1. The molecule has 1 aliphatic carbocycles. The third-order valence-corrected chi connectivity index (χ3v) is 3.24. The van der Waals surface area contributed by atoms with Crippen molar-refractivity contribution in [3.63, 3.8) is 0 Å². The maximum atomic E-state index is 10.5. The molecule has 3 N–H and O–H groups in total. The Hall–Kier alpha value is -1.43. The maximum absolute atomic E-state index is 10.5. The quantitative estimate of drug-likeness (QED) is 0.574. The second-order valence-electron chi connectivity index (χ2n) is 4.07. The van der Waals surface area contributed by atoms with Crippen molar-refractivity contribution in [1.82, 2.24) is 10.2 Å². The standard InChI is InChI=1S/C9H14N4O2/c10-5-4-9(2-1-3-9)7-6-8(12-11-7)13(14)15/h6H,1-5,10H2,(H,11,12). The van der Waals surface area contributed by atoms with Crippen LogP contribution in [0.4, 0.5) is 5.82 Å². The second kappa shape index (κ2) is 3.62. The summed E-state index contributed by atoms with van der Waals surface area (Å²) >= 11 is 0. The van der Waals surface area contributed by atoms with Crippen molar-refractivity contribution in [2.24, 2.45) is 5.73 Å². The molecular formula is C9H14N4O2. The first-order chi connectivity index (χ1) is 7.18. The van der Waals surface area contributed by atoms with E-state index in [0.717, 1.165) is 31.4 Å². The van der Waals surface area contributed by atoms with Crippen LogP contribution in [-0.4, -0.2) is 21.7 Å². The molecule has 1 saturated carbocycles. The predicted molar refractivity (Wildman–Crippen MR) is 54.4 cm³/mol. The molecule has 0 amide bonds. The summed E-state index contributed by atoms with van der Waals surface area (Å²) in [6.07, 6.45) is 4.08. The number of hydrogen-bond acceptors (Lipinski definition) is 4. The number of aromatic nitrogens is 2. The van der Waals surface area contributed by atoms with Crippen LogP contribution in [0, 0.1) is 10.1 Å². The SMILES string of the molecule is NCCC1(c2cc([N+](=O)[O-])[nH]n2)CCC1. The van der Waals surface area contributed by atoms with E-state index in [4.69, 9.17) is 5.73 Å². The minimum Gasteiger partial charge on any atom is -0.358 e. The van der Waals surface area contributed by atoms with Gasteiger partial charge in [0, 0.05) is 5.41 Å². The van der Waals surface area contributed by atoms with Gasteiger partial charge in [-0.3, -0.25) is 0 Å². The van der Waals surface area contributed by atoms with Gasteiger partial charge in [0.25, 0.3) is 0 Å². The van der Waals surface area contributed by atoms with Gasteiger partial charge in [-0.2, -0.15) is 0 Å². The molecule has 1 heterocycles. The highest BCUT2D eigenvalue weighted by Crippen LogP contribution is 2.45. The van der Waals surface area contributed by atoms with Crippen LogP contribution in [0.15, 0.2) is 6.07 Å². The molecule has 1 fully saturated rings. The van der Waals surface area contributed by atoms with Crippen molar-refractivity contribution in [3.05, 3.63) is 21.9 Å². The van der Waals surface area contributed by atoms with Crippen LogP contribution < -0.4 is 5.73 Å². The summed E-state index contributed by atoms with van der Waals surface area (Å²) in [7, 11) is 0. The van der Waals surface area contributed by atoms with Crippen LogP contribution in [0.1, 0.15) is 31.4 Å². The maximum Gasteiger partial charge on any atom is 0.342 e. The molecule has 0 aliphatic heterocycles. The average molecular weight is 210 g/mol. The van der Waals surface area contributed by atoms with E-state index in [0.29, 0.717) is 6.54 Å². The minimum absolute atomic E-state index is 0.000486. The van der Waals surface area contributed by atoms with Crippen LogP contribution in [0.2, 0.25) is 0 Å². The summed E-state index contributed by atoms with van der Waals surface area (Å²) in [4.78, 5) is 10.1. The Morgan fingerprint density at radius 1 is 1.67 bits per heavy atom. The highest BCUT2D eigenvalue weighted by molar-refractivity contribution is 5.28. The van der Waals surface area contributed by atoms with E-state index in [1.165, 1.54) is 6.07 Å². The van der Waals surface area contributed by atoms with Gasteiger partial charge in [-0.05, 0) is 30.7 Å². The first-order valence-electron chi connectivity index (χ1n) is 5.08. The third-order valence-electron chi connectivity index (χ3n) is 3.24. The lowest BCUT2D eigenvalue weighted by atomic mass is 9.64. The Morgan fingerprint density at radius 3 is 2.80 bits per heavy atom. The highest BCUT2D eigenvalue weighted by Gasteiger charge is 2.41. The lowest BCUT2D eigenvalue weighted by molar-refractivity contribution is -0.389. The molecule has 0 saturated heterocycles. The van der Waals surface area contributed by atoms with Crippen molar-refractivity contribution >= 4 is 5.82 Å². The van der Waals surface area contributed by atoms with Gasteiger partial charge in [-0.25, -0.2) is 0 Å². The van der Waals surface area contributed by atoms with Crippen LogP contribution in [0.25, 0.3) is 0 Å². The fourth-order valence-electron chi connectivity index (χ4n) is 2.19. The lowest BCUT2D eigenvalue weighted by Gasteiger charge is -2.39. The summed E-state index contributed by atoms with van der Waals surface area (Å²) in [6, 6.07) is 1.54. The van der Waals surface area contributed by atoms with Crippen LogP contribution in [0.3, 0.4) is 0 Å². The zero-order chi connectivity index (χ0) is 10.9. The molecule has 0 spiro atoms. The Balaban J connectivity index is 2.23. The minimum atomic E-state index is -0.453. The van der Waals surface area contributed by atoms with E-state index >= 15 is 0 Å². The Labute approximate surface area is 87.0 Å². The van der Waals surface area contributed by atoms with Gasteiger partial charge in [0.15, 0.2) is 0 Å². The van der Waals surface area contributed by atoms with Gasteiger partial charge >= 0.3 is 5.82 Å². The number of nitrogens with one attached hydrogen (secondary N) is 1. The normalized spacial score (nSPS) is 18.5. The largest absolute Gasteiger partial charge is 0.358 e. The highest BCUT2D eigenvalue weighted by atomic mass is 16.6. The van der Waals surface area contributed by atoms with Crippen molar-refractivity contribution in [1.29, 1.82) is 0 Å². The molecule has 0 aromatic carbocycles. The molecule has 6 heteroatoms. The summed E-state index contributed by atoms with van der Waals surface area (Å²) in [5.74, 6) is -0.0340. The van der Waals surface area contributed by atoms with Gasteiger partial charge in [-0.15, -0.1) is 5.10 Å². The number of rotatable bonds is 4. The monoisotopic (exact) mass is 210 g/mol.